The summed E-state index contributed by atoms with van der Waals surface area (Å²) in [5, 5.41) is 16.1. The van der Waals surface area contributed by atoms with Gasteiger partial charge in [0.2, 0.25) is 0 Å². The molecule has 2 aromatic carbocycles. The van der Waals surface area contributed by atoms with Crippen molar-refractivity contribution in [3.05, 3.63) is 92.8 Å². The van der Waals surface area contributed by atoms with Crippen LogP contribution >= 0.6 is 0 Å². The topological polar surface area (TPSA) is 149 Å². The second-order valence-electron chi connectivity index (χ2n) is 9.29. The third-order valence-corrected chi connectivity index (χ3v) is 7.17. The van der Waals surface area contributed by atoms with Gasteiger partial charge < -0.3 is 20.1 Å². The van der Waals surface area contributed by atoms with Gasteiger partial charge in [-0.05, 0) is 42.8 Å². The summed E-state index contributed by atoms with van der Waals surface area (Å²) in [6.45, 7) is 1.67. The predicted octanol–water partition coefficient (Wildman–Crippen LogP) is 2.43. The largest absolute Gasteiger partial charge is 0.458 e. The van der Waals surface area contributed by atoms with Crippen LogP contribution in [0.1, 0.15) is 46.0 Å². The van der Waals surface area contributed by atoms with E-state index < -0.39 is 17.5 Å². The Bertz CT molecular complexity index is 1740. The highest BCUT2D eigenvalue weighted by atomic mass is 16.6. The number of anilines is 1. The standard InChI is InChI=1S/C28H23N5O5/c1-2-28(37)21-11-23-24-19(13-33(23)26(35)20(21)14-38-27(28)36)18(17-5-3-4-6-22(17)31-24)12-30-32-25(34)15-7-9-16(29)10-8-15/h3-12,37H,2,13-14,29H2,1H3,(H,32,34)/t28-/m0/s1. The smallest absolute Gasteiger partial charge is 0.343 e. The second kappa shape index (κ2) is 8.63. The Labute approximate surface area is 216 Å². The maximum Gasteiger partial charge on any atom is 0.343 e. The molecule has 0 saturated carbocycles. The van der Waals surface area contributed by atoms with Crippen LogP contribution in [0, 0.1) is 0 Å². The number of nitrogen functional groups attached to an aromatic ring is 1. The number of hydrogen-bond donors (Lipinski definition) is 3. The zero-order valence-corrected chi connectivity index (χ0v) is 20.4. The van der Waals surface area contributed by atoms with Crippen LogP contribution in [0.25, 0.3) is 22.3 Å². The van der Waals surface area contributed by atoms with Crippen molar-refractivity contribution in [2.45, 2.75) is 32.1 Å². The number of carbonyl (C=O) groups excluding carboxylic acids is 2. The quantitative estimate of drug-likeness (QED) is 0.146. The molecule has 2 aromatic heterocycles. The van der Waals surface area contributed by atoms with Gasteiger partial charge in [0.1, 0.15) is 6.61 Å². The predicted molar refractivity (Wildman–Crippen MR) is 140 cm³/mol. The summed E-state index contributed by atoms with van der Waals surface area (Å²) in [4.78, 5) is 43.3. The lowest BCUT2D eigenvalue weighted by molar-refractivity contribution is -0.172. The highest BCUT2D eigenvalue weighted by Crippen LogP contribution is 2.39. The van der Waals surface area contributed by atoms with Crippen LogP contribution in [0.15, 0.2) is 64.5 Å². The van der Waals surface area contributed by atoms with Crippen LogP contribution in [0.2, 0.25) is 0 Å². The first-order valence-corrected chi connectivity index (χ1v) is 12.1. The van der Waals surface area contributed by atoms with Gasteiger partial charge in [-0.15, -0.1) is 0 Å². The first-order valence-electron chi connectivity index (χ1n) is 12.1. The van der Waals surface area contributed by atoms with Crippen LogP contribution in [0.3, 0.4) is 0 Å². The molecule has 6 rings (SSSR count). The van der Waals surface area contributed by atoms with E-state index in [4.69, 9.17) is 15.5 Å². The maximum atomic E-state index is 13.5. The molecule has 0 fully saturated rings. The molecule has 38 heavy (non-hydrogen) atoms. The summed E-state index contributed by atoms with van der Waals surface area (Å²) in [6.07, 6.45) is 1.61. The molecule has 0 spiro atoms. The van der Waals surface area contributed by atoms with E-state index in [2.05, 4.69) is 10.5 Å². The fourth-order valence-corrected chi connectivity index (χ4v) is 5.06. The number of aromatic nitrogens is 2. The van der Waals surface area contributed by atoms with Crippen molar-refractivity contribution in [3.8, 4) is 11.4 Å². The molecule has 4 aromatic rings. The number of cyclic esters (lactones) is 1. The lowest BCUT2D eigenvalue weighted by atomic mass is 9.86. The molecule has 0 saturated heterocycles. The van der Waals surface area contributed by atoms with Crippen molar-refractivity contribution >= 4 is 34.7 Å². The normalized spacial score (nSPS) is 17.7. The van der Waals surface area contributed by atoms with Crippen LogP contribution in [0.4, 0.5) is 5.69 Å². The van der Waals surface area contributed by atoms with Gasteiger partial charge in [-0.2, -0.15) is 5.10 Å². The molecular weight excluding hydrogens is 486 g/mol. The molecule has 10 nitrogen and oxygen atoms in total. The van der Waals surface area contributed by atoms with Crippen molar-refractivity contribution in [2.75, 3.05) is 5.73 Å². The second-order valence-corrected chi connectivity index (χ2v) is 9.29. The lowest BCUT2D eigenvalue weighted by Crippen LogP contribution is -2.44. The number of rotatable bonds is 4. The number of benzene rings is 2. The maximum absolute atomic E-state index is 13.5. The van der Waals surface area contributed by atoms with Gasteiger partial charge in [0.25, 0.3) is 11.5 Å². The van der Waals surface area contributed by atoms with E-state index in [0.717, 1.165) is 10.9 Å². The van der Waals surface area contributed by atoms with Gasteiger partial charge in [0.05, 0.1) is 35.2 Å². The number of amides is 1. The number of carbonyl (C=O) groups is 2. The number of nitrogens with one attached hydrogen (secondary N) is 1. The Morgan fingerprint density at radius 3 is 2.74 bits per heavy atom. The highest BCUT2D eigenvalue weighted by molar-refractivity contribution is 6.03. The van der Waals surface area contributed by atoms with Crippen molar-refractivity contribution in [1.29, 1.82) is 0 Å². The van der Waals surface area contributed by atoms with Gasteiger partial charge in [-0.25, -0.2) is 15.2 Å². The number of aliphatic hydroxyl groups is 1. The van der Waals surface area contributed by atoms with Crippen molar-refractivity contribution in [2.24, 2.45) is 5.10 Å². The van der Waals surface area contributed by atoms with Gasteiger partial charge in [-0.3, -0.25) is 9.59 Å². The first kappa shape index (κ1) is 23.6. The van der Waals surface area contributed by atoms with Crippen LogP contribution in [-0.4, -0.2) is 32.7 Å². The summed E-state index contributed by atoms with van der Waals surface area (Å²) < 4.78 is 6.71. The molecule has 4 heterocycles. The van der Waals surface area contributed by atoms with E-state index >= 15 is 0 Å². The first-order chi connectivity index (χ1) is 18.3. The van der Waals surface area contributed by atoms with E-state index in [1.165, 1.54) is 0 Å². The van der Waals surface area contributed by atoms with Crippen molar-refractivity contribution < 1.29 is 19.4 Å². The number of hydrazone groups is 1. The third-order valence-electron chi connectivity index (χ3n) is 7.17. The molecule has 0 radical (unpaired) electrons. The minimum absolute atomic E-state index is 0.0609. The molecule has 2 aliphatic heterocycles. The number of nitrogens with zero attached hydrogens (tertiary/aromatic N) is 3. The Kier molecular flexibility index (Phi) is 5.35. The third kappa shape index (κ3) is 3.49. The molecule has 4 N–H and O–H groups in total. The van der Waals surface area contributed by atoms with Gasteiger partial charge in [-0.1, -0.05) is 25.1 Å². The minimum Gasteiger partial charge on any atom is -0.458 e. The lowest BCUT2D eigenvalue weighted by Gasteiger charge is -2.31. The Morgan fingerprint density at radius 1 is 1.21 bits per heavy atom. The summed E-state index contributed by atoms with van der Waals surface area (Å²) in [6, 6.07) is 15.6. The number of nitrogens with two attached hydrogens (primary N) is 1. The molecule has 0 aliphatic carbocycles. The molecule has 2 aliphatic rings. The van der Waals surface area contributed by atoms with Crippen LogP contribution in [-0.2, 0) is 28.3 Å². The number of fused-ring (bicyclic) bond motifs is 5. The molecular formula is C28H23N5O5. The zero-order chi connectivity index (χ0) is 26.6. The minimum atomic E-state index is -1.90. The van der Waals surface area contributed by atoms with E-state index in [0.29, 0.717) is 33.7 Å². The van der Waals surface area contributed by atoms with E-state index in [1.54, 1.807) is 48.0 Å². The Balaban J connectivity index is 1.46. The number of esters is 1. The van der Waals surface area contributed by atoms with E-state index in [1.807, 2.05) is 24.3 Å². The molecule has 190 valence electrons. The van der Waals surface area contributed by atoms with Crippen LogP contribution in [0.5, 0.6) is 0 Å². The SMILES string of the molecule is CC[C@@]1(O)C(=O)OCc2c1cc1n(c2=O)Cc2c-1nc1ccccc1c2C=NNC(=O)c1ccc(N)cc1. The summed E-state index contributed by atoms with van der Waals surface area (Å²) in [5.74, 6) is -1.17. The highest BCUT2D eigenvalue weighted by Gasteiger charge is 2.45. The number of pyridine rings is 2. The summed E-state index contributed by atoms with van der Waals surface area (Å²) in [7, 11) is 0. The monoisotopic (exact) mass is 509 g/mol. The summed E-state index contributed by atoms with van der Waals surface area (Å²) >= 11 is 0. The molecule has 0 unspecified atom stereocenters. The zero-order valence-electron chi connectivity index (χ0n) is 20.4. The number of ether oxygens (including phenoxy) is 1. The van der Waals surface area contributed by atoms with Crippen LogP contribution < -0.4 is 16.7 Å². The van der Waals surface area contributed by atoms with Crippen molar-refractivity contribution in [3.63, 3.8) is 0 Å². The summed E-state index contributed by atoms with van der Waals surface area (Å²) in [5.41, 5.74) is 10.6. The molecule has 0 bridgehead atoms. The Morgan fingerprint density at radius 2 is 1.97 bits per heavy atom. The molecule has 10 heteroatoms. The average molecular weight is 510 g/mol. The van der Waals surface area contributed by atoms with Gasteiger partial charge in [0.15, 0.2) is 5.60 Å². The van der Waals surface area contributed by atoms with Gasteiger partial charge in [0, 0.05) is 33.3 Å². The fourth-order valence-electron chi connectivity index (χ4n) is 5.06. The number of hydrogen-bond acceptors (Lipinski definition) is 8. The fraction of sp³-hybridized carbons (Fsp3) is 0.179. The number of para-hydroxylation sites is 1. The molecule has 1 atom stereocenters. The van der Waals surface area contributed by atoms with E-state index in [9.17, 15) is 19.5 Å². The van der Waals surface area contributed by atoms with Crippen molar-refractivity contribution in [1.82, 2.24) is 15.0 Å². The molecule has 1 amide bonds. The Hall–Kier alpha value is -4.83. The average Bonchev–Trinajstić information content (AvgIpc) is 3.29. The van der Waals surface area contributed by atoms with Gasteiger partial charge >= 0.3 is 5.97 Å². The van der Waals surface area contributed by atoms with E-state index in [-0.39, 0.29) is 36.3 Å².